The van der Waals surface area contributed by atoms with Gasteiger partial charge in [-0.1, -0.05) is 32.0 Å². The molecule has 0 spiro atoms. The third kappa shape index (κ3) is 6.57. The number of benzene rings is 2. The fourth-order valence-corrected chi connectivity index (χ4v) is 3.00. The highest BCUT2D eigenvalue weighted by atomic mass is 32.2. The summed E-state index contributed by atoms with van der Waals surface area (Å²) in [6, 6.07) is 16.1. The van der Waals surface area contributed by atoms with Gasteiger partial charge in [0.1, 0.15) is 5.25 Å². The molecule has 0 aromatic heterocycles. The Kier molecular flexibility index (Phi) is 7.61. The van der Waals surface area contributed by atoms with E-state index in [-0.39, 0.29) is 24.2 Å². The third-order valence-corrected chi connectivity index (χ3v) is 4.82. The Balaban J connectivity index is 1.84. The number of esters is 1. The average Bonchev–Trinajstić information content (AvgIpc) is 2.67. The van der Waals surface area contributed by atoms with Crippen LogP contribution in [0.15, 0.2) is 59.5 Å². The molecule has 2 aromatic carbocycles. The minimum absolute atomic E-state index is 0.0899. The van der Waals surface area contributed by atoms with Crippen molar-refractivity contribution in [1.29, 1.82) is 0 Å². The summed E-state index contributed by atoms with van der Waals surface area (Å²) in [4.78, 5) is 36.9. The lowest BCUT2D eigenvalue weighted by molar-refractivity contribution is -0.141. The second kappa shape index (κ2) is 9.92. The number of ketones is 1. The highest BCUT2D eigenvalue weighted by Gasteiger charge is 2.18. The second-order valence-electron chi connectivity index (χ2n) is 6.33. The van der Waals surface area contributed by atoms with Crippen molar-refractivity contribution in [3.63, 3.8) is 0 Å². The summed E-state index contributed by atoms with van der Waals surface area (Å²) in [6.07, 6.45) is 0. The lowest BCUT2D eigenvalue weighted by atomic mass is 10.1. The van der Waals surface area contributed by atoms with Gasteiger partial charge in [-0.15, -0.1) is 11.8 Å². The van der Waals surface area contributed by atoms with Gasteiger partial charge < -0.3 is 10.1 Å². The van der Waals surface area contributed by atoms with E-state index >= 15 is 0 Å². The van der Waals surface area contributed by atoms with Crippen LogP contribution in [0.1, 0.15) is 31.1 Å². The number of anilines is 1. The molecule has 0 fully saturated rings. The molecule has 2 rings (SSSR count). The number of nitrogens with one attached hydrogen (secondary N) is 1. The molecule has 1 atom stereocenters. The van der Waals surface area contributed by atoms with Gasteiger partial charge in [-0.05, 0) is 43.3 Å². The maximum atomic E-state index is 12.2. The molecule has 2 aromatic rings. The van der Waals surface area contributed by atoms with E-state index in [0.717, 1.165) is 4.90 Å². The zero-order valence-electron chi connectivity index (χ0n) is 15.6. The molecule has 0 heterocycles. The summed E-state index contributed by atoms with van der Waals surface area (Å²) >= 11 is 1.38. The smallest absolute Gasteiger partial charge is 0.319 e. The second-order valence-corrected chi connectivity index (χ2v) is 7.74. The van der Waals surface area contributed by atoms with Gasteiger partial charge in [0.05, 0.1) is 0 Å². The highest BCUT2D eigenvalue weighted by Crippen LogP contribution is 2.23. The number of hydrogen-bond donors (Lipinski definition) is 1. The summed E-state index contributed by atoms with van der Waals surface area (Å²) in [7, 11) is 0. The summed E-state index contributed by atoms with van der Waals surface area (Å²) in [5.74, 6) is -0.936. The molecule has 0 saturated carbocycles. The van der Waals surface area contributed by atoms with Crippen LogP contribution >= 0.6 is 11.8 Å². The van der Waals surface area contributed by atoms with Crippen LogP contribution in [0.3, 0.4) is 0 Å². The van der Waals surface area contributed by atoms with Crippen molar-refractivity contribution in [1.82, 2.24) is 0 Å². The predicted molar refractivity (Wildman–Crippen MR) is 107 cm³/mol. The van der Waals surface area contributed by atoms with Crippen molar-refractivity contribution < 1.29 is 19.1 Å². The molecule has 0 aliphatic carbocycles. The monoisotopic (exact) mass is 385 g/mol. The molecular weight excluding hydrogens is 362 g/mol. The number of rotatable bonds is 8. The molecule has 0 bridgehead atoms. The first-order valence-electron chi connectivity index (χ1n) is 8.69. The fourth-order valence-electron chi connectivity index (χ4n) is 2.11. The zero-order chi connectivity index (χ0) is 19.8. The summed E-state index contributed by atoms with van der Waals surface area (Å²) in [6.45, 7) is 5.05. The van der Waals surface area contributed by atoms with Gasteiger partial charge in [-0.25, -0.2) is 0 Å². The number of thioether (sulfide) groups is 1. The van der Waals surface area contributed by atoms with Crippen molar-refractivity contribution in [3.8, 4) is 0 Å². The minimum Gasteiger partial charge on any atom is -0.456 e. The Hall–Kier alpha value is -2.60. The van der Waals surface area contributed by atoms with E-state index in [4.69, 9.17) is 4.74 Å². The summed E-state index contributed by atoms with van der Waals surface area (Å²) in [5.41, 5.74) is 1.05. The van der Waals surface area contributed by atoms with E-state index in [9.17, 15) is 14.4 Å². The average molecular weight is 385 g/mol. The Labute approximate surface area is 163 Å². The van der Waals surface area contributed by atoms with Gasteiger partial charge in [-0.2, -0.15) is 0 Å². The van der Waals surface area contributed by atoms with Crippen LogP contribution in [0.5, 0.6) is 0 Å². The largest absolute Gasteiger partial charge is 0.456 e. The predicted octanol–water partition coefficient (Wildman–Crippen LogP) is 4.19. The van der Waals surface area contributed by atoms with E-state index in [0.29, 0.717) is 11.3 Å². The molecule has 0 saturated heterocycles. The maximum Gasteiger partial charge on any atom is 0.319 e. The summed E-state index contributed by atoms with van der Waals surface area (Å²) in [5, 5.41) is 2.35. The van der Waals surface area contributed by atoms with E-state index in [1.54, 1.807) is 45.0 Å². The molecule has 5 nitrogen and oxygen atoms in total. The zero-order valence-corrected chi connectivity index (χ0v) is 16.4. The molecule has 6 heteroatoms. The van der Waals surface area contributed by atoms with Crippen LogP contribution in [0.2, 0.25) is 0 Å². The molecule has 27 heavy (non-hydrogen) atoms. The van der Waals surface area contributed by atoms with Gasteiger partial charge >= 0.3 is 5.97 Å². The van der Waals surface area contributed by atoms with Crippen LogP contribution in [-0.4, -0.2) is 29.5 Å². The Bertz CT molecular complexity index is 788. The number of Topliss-reactive ketones (excluding diaryl/α,β-unsaturated/α-hetero) is 1. The molecule has 0 radical (unpaired) electrons. The highest BCUT2D eigenvalue weighted by molar-refractivity contribution is 8.00. The molecule has 0 aliphatic heterocycles. The van der Waals surface area contributed by atoms with Crippen LogP contribution < -0.4 is 5.32 Å². The topological polar surface area (TPSA) is 72.5 Å². The Morgan fingerprint density at radius 2 is 1.59 bits per heavy atom. The fraction of sp³-hybridized carbons (Fsp3) is 0.286. The van der Waals surface area contributed by atoms with Gasteiger partial charge in [0, 0.05) is 22.1 Å². The number of carbonyl (C=O) groups excluding carboxylic acids is 3. The first kappa shape index (κ1) is 20.7. The first-order valence-corrected chi connectivity index (χ1v) is 9.57. The Morgan fingerprint density at radius 1 is 0.963 bits per heavy atom. The molecule has 142 valence electrons. The molecular formula is C21H23NO4S. The SMILES string of the molecule is CC(C)C(=O)Nc1ccc(C(=O)COC(=O)[C@@H](C)Sc2ccccc2)cc1. The standard InChI is InChI=1S/C21H23NO4S/c1-14(2)20(24)22-17-11-9-16(10-12-17)19(23)13-26-21(25)15(3)27-18-7-5-4-6-8-18/h4-12,14-15H,13H2,1-3H3,(H,22,24)/t15-/m1/s1. The van der Waals surface area contributed by atoms with Crippen molar-refractivity contribution in [2.24, 2.45) is 5.92 Å². The van der Waals surface area contributed by atoms with E-state index in [1.165, 1.54) is 11.8 Å². The normalized spacial score (nSPS) is 11.7. The van der Waals surface area contributed by atoms with E-state index in [1.807, 2.05) is 30.3 Å². The lowest BCUT2D eigenvalue weighted by Crippen LogP contribution is -2.21. The van der Waals surface area contributed by atoms with Crippen LogP contribution in [0.4, 0.5) is 5.69 Å². The van der Waals surface area contributed by atoms with E-state index in [2.05, 4.69) is 5.32 Å². The molecule has 1 N–H and O–H groups in total. The maximum absolute atomic E-state index is 12.2. The van der Waals surface area contributed by atoms with Gasteiger partial charge in [-0.3, -0.25) is 14.4 Å². The minimum atomic E-state index is -0.432. The number of carbonyl (C=O) groups is 3. The van der Waals surface area contributed by atoms with E-state index < -0.39 is 11.2 Å². The van der Waals surface area contributed by atoms with Crippen molar-refractivity contribution >= 4 is 35.1 Å². The van der Waals surface area contributed by atoms with Crippen LogP contribution in [0, 0.1) is 5.92 Å². The number of hydrogen-bond acceptors (Lipinski definition) is 5. The molecule has 1 amide bonds. The quantitative estimate of drug-likeness (QED) is 0.419. The summed E-state index contributed by atoms with van der Waals surface area (Å²) < 4.78 is 5.14. The lowest BCUT2D eigenvalue weighted by Gasteiger charge is -2.11. The van der Waals surface area contributed by atoms with Gasteiger partial charge in [0.25, 0.3) is 0 Å². The van der Waals surface area contributed by atoms with Gasteiger partial charge in [0.2, 0.25) is 5.91 Å². The Morgan fingerprint density at radius 3 is 2.19 bits per heavy atom. The van der Waals surface area contributed by atoms with Crippen molar-refractivity contribution in [3.05, 3.63) is 60.2 Å². The molecule has 0 aliphatic rings. The number of amides is 1. The van der Waals surface area contributed by atoms with Gasteiger partial charge in [0.15, 0.2) is 12.4 Å². The number of ether oxygens (including phenoxy) is 1. The first-order chi connectivity index (χ1) is 12.9. The van der Waals surface area contributed by atoms with Crippen molar-refractivity contribution in [2.45, 2.75) is 30.9 Å². The molecule has 0 unspecified atom stereocenters. The van der Waals surface area contributed by atoms with Crippen molar-refractivity contribution in [2.75, 3.05) is 11.9 Å². The van der Waals surface area contributed by atoms with Crippen LogP contribution in [0.25, 0.3) is 0 Å². The third-order valence-electron chi connectivity index (χ3n) is 3.73. The van der Waals surface area contributed by atoms with Crippen LogP contribution in [-0.2, 0) is 14.3 Å².